The Hall–Kier alpha value is -0.820. The molecule has 2 atom stereocenters. The van der Waals surface area contributed by atoms with E-state index in [-0.39, 0.29) is 12.1 Å². The molecule has 0 bridgehead atoms. The van der Waals surface area contributed by atoms with Crippen molar-refractivity contribution in [1.29, 1.82) is 0 Å². The van der Waals surface area contributed by atoms with Crippen LogP contribution < -0.4 is 10.6 Å². The summed E-state index contributed by atoms with van der Waals surface area (Å²) in [6, 6.07) is -0.130. The van der Waals surface area contributed by atoms with Crippen molar-refractivity contribution < 1.29 is 4.79 Å². The Morgan fingerprint density at radius 1 is 1.63 bits per heavy atom. The summed E-state index contributed by atoms with van der Waals surface area (Å²) in [5.74, 6) is 3.54. The van der Waals surface area contributed by atoms with E-state index in [2.05, 4.69) is 15.7 Å². The second-order valence-electron chi connectivity index (χ2n) is 4.59. The summed E-state index contributed by atoms with van der Waals surface area (Å²) in [7, 11) is 1.87. The smallest absolute Gasteiger partial charge is 0.315 e. The van der Waals surface area contributed by atoms with Gasteiger partial charge >= 0.3 is 6.03 Å². The van der Waals surface area contributed by atoms with Crippen LogP contribution in [0.1, 0.15) is 18.5 Å². The van der Waals surface area contributed by atoms with E-state index in [0.717, 1.165) is 17.9 Å². The van der Waals surface area contributed by atoms with Crippen molar-refractivity contribution >= 4 is 29.6 Å². The molecule has 106 valence electrons. The minimum atomic E-state index is -0.104. The first-order valence-corrected chi connectivity index (χ1v) is 8.58. The van der Waals surface area contributed by atoms with Crippen LogP contribution in [0, 0.1) is 0 Å². The summed E-state index contributed by atoms with van der Waals surface area (Å²) in [6.07, 6.45) is 3.69. The number of carbonyl (C=O) groups excluding carboxylic acids is 1. The van der Waals surface area contributed by atoms with E-state index in [1.54, 1.807) is 10.9 Å². The first-order chi connectivity index (χ1) is 9.15. The number of nitrogens with zero attached hydrogens (tertiary/aromatic N) is 2. The Morgan fingerprint density at radius 2 is 2.47 bits per heavy atom. The summed E-state index contributed by atoms with van der Waals surface area (Å²) in [5, 5.41) is 10.5. The normalized spacial score (nSPS) is 20.8. The zero-order valence-electron chi connectivity index (χ0n) is 11.3. The number of nitrogens with one attached hydrogen (secondary N) is 2. The van der Waals surface area contributed by atoms with E-state index in [1.165, 1.54) is 11.5 Å². The van der Waals surface area contributed by atoms with E-state index in [9.17, 15) is 4.79 Å². The van der Waals surface area contributed by atoms with Gasteiger partial charge in [-0.3, -0.25) is 4.68 Å². The highest BCUT2D eigenvalue weighted by Gasteiger charge is 2.16. The van der Waals surface area contributed by atoms with Gasteiger partial charge in [-0.2, -0.15) is 28.6 Å². The summed E-state index contributed by atoms with van der Waals surface area (Å²) in [5.41, 5.74) is 1.01. The summed E-state index contributed by atoms with van der Waals surface area (Å²) >= 11 is 3.91. The van der Waals surface area contributed by atoms with Gasteiger partial charge in [0, 0.05) is 47.9 Å². The molecule has 1 aliphatic heterocycles. The zero-order valence-corrected chi connectivity index (χ0v) is 12.9. The van der Waals surface area contributed by atoms with Gasteiger partial charge in [0.1, 0.15) is 0 Å². The first kappa shape index (κ1) is 14.6. The van der Waals surface area contributed by atoms with Gasteiger partial charge in [-0.15, -0.1) is 0 Å². The van der Waals surface area contributed by atoms with Crippen LogP contribution in [0.3, 0.4) is 0 Å². The summed E-state index contributed by atoms with van der Waals surface area (Å²) in [4.78, 5) is 11.8. The van der Waals surface area contributed by atoms with E-state index >= 15 is 0 Å². The number of aromatic nitrogens is 2. The van der Waals surface area contributed by atoms with Gasteiger partial charge in [0.05, 0.1) is 12.2 Å². The SMILES string of the molecule is CC(NC(=O)NCC1CSCCS1)c1cnn(C)c1. The molecule has 2 N–H and O–H groups in total. The second-order valence-corrected chi connectivity index (χ2v) is 7.15. The Balaban J connectivity index is 1.71. The molecule has 1 fully saturated rings. The third-order valence-corrected chi connectivity index (χ3v) is 5.79. The average molecular weight is 300 g/mol. The van der Waals surface area contributed by atoms with E-state index < -0.39 is 0 Å². The van der Waals surface area contributed by atoms with Gasteiger partial charge in [-0.1, -0.05) is 0 Å². The molecule has 2 amide bonds. The molecule has 0 aliphatic carbocycles. The van der Waals surface area contributed by atoms with E-state index in [0.29, 0.717) is 5.25 Å². The number of carbonyl (C=O) groups is 1. The molecule has 2 heterocycles. The molecule has 5 nitrogen and oxygen atoms in total. The molecule has 0 aromatic carbocycles. The monoisotopic (exact) mass is 300 g/mol. The quantitative estimate of drug-likeness (QED) is 0.887. The maximum absolute atomic E-state index is 11.8. The van der Waals surface area contributed by atoms with Crippen LogP contribution in [0.5, 0.6) is 0 Å². The van der Waals surface area contributed by atoms with E-state index in [4.69, 9.17) is 0 Å². The zero-order chi connectivity index (χ0) is 13.7. The lowest BCUT2D eigenvalue weighted by Crippen LogP contribution is -2.41. The fraction of sp³-hybridized carbons (Fsp3) is 0.667. The molecular formula is C12H20N4OS2. The highest BCUT2D eigenvalue weighted by atomic mass is 32.2. The molecule has 1 aromatic rings. The van der Waals surface area contributed by atoms with Crippen LogP contribution >= 0.6 is 23.5 Å². The van der Waals surface area contributed by atoms with Gasteiger partial charge in [0.25, 0.3) is 0 Å². The van der Waals surface area contributed by atoms with Crippen LogP contribution in [0.15, 0.2) is 12.4 Å². The molecule has 2 unspecified atom stereocenters. The summed E-state index contributed by atoms with van der Waals surface area (Å²) in [6.45, 7) is 2.70. The number of hydrogen-bond donors (Lipinski definition) is 2. The Labute approximate surface area is 122 Å². The van der Waals surface area contributed by atoms with Crippen molar-refractivity contribution in [2.45, 2.75) is 18.2 Å². The van der Waals surface area contributed by atoms with Crippen LogP contribution in [-0.4, -0.2) is 44.9 Å². The van der Waals surface area contributed by atoms with Gasteiger partial charge in [-0.25, -0.2) is 4.79 Å². The lowest BCUT2D eigenvalue weighted by atomic mass is 10.2. The number of thioether (sulfide) groups is 2. The van der Waals surface area contributed by atoms with Crippen molar-refractivity contribution in [1.82, 2.24) is 20.4 Å². The average Bonchev–Trinajstić information content (AvgIpc) is 2.84. The van der Waals surface area contributed by atoms with Crippen LogP contribution in [0.2, 0.25) is 0 Å². The Kier molecular flexibility index (Phi) is 5.45. The standard InChI is InChI=1S/C12H20N4OS2/c1-9(10-5-14-16(2)7-10)15-12(17)13-6-11-8-18-3-4-19-11/h5,7,9,11H,3-4,6,8H2,1-2H3,(H2,13,15,17). The van der Waals surface area contributed by atoms with Crippen molar-refractivity contribution in [3.05, 3.63) is 18.0 Å². The van der Waals surface area contributed by atoms with Crippen LogP contribution in [0.4, 0.5) is 4.79 Å². The van der Waals surface area contributed by atoms with Gasteiger partial charge in [0.15, 0.2) is 0 Å². The number of hydrogen-bond acceptors (Lipinski definition) is 4. The highest BCUT2D eigenvalue weighted by Crippen LogP contribution is 2.23. The predicted molar refractivity (Wildman–Crippen MR) is 81.7 cm³/mol. The van der Waals surface area contributed by atoms with Gasteiger partial charge < -0.3 is 10.6 Å². The minimum Gasteiger partial charge on any atom is -0.337 e. The molecular weight excluding hydrogens is 280 g/mol. The molecule has 1 saturated heterocycles. The molecule has 2 rings (SSSR count). The molecule has 7 heteroatoms. The third-order valence-electron chi connectivity index (χ3n) is 2.95. The lowest BCUT2D eigenvalue weighted by molar-refractivity contribution is 0.238. The molecule has 0 spiro atoms. The van der Waals surface area contributed by atoms with E-state index in [1.807, 2.05) is 43.7 Å². The molecule has 19 heavy (non-hydrogen) atoms. The highest BCUT2D eigenvalue weighted by molar-refractivity contribution is 8.06. The molecule has 1 aliphatic rings. The van der Waals surface area contributed by atoms with Crippen molar-refractivity contribution in [3.8, 4) is 0 Å². The fourth-order valence-electron chi connectivity index (χ4n) is 1.86. The molecule has 0 radical (unpaired) electrons. The Morgan fingerprint density at radius 3 is 3.11 bits per heavy atom. The topological polar surface area (TPSA) is 59.0 Å². The number of aryl methyl sites for hydroxylation is 1. The van der Waals surface area contributed by atoms with Crippen LogP contribution in [-0.2, 0) is 7.05 Å². The number of rotatable bonds is 4. The third kappa shape index (κ3) is 4.65. The molecule has 0 saturated carbocycles. The maximum atomic E-state index is 11.8. The van der Waals surface area contributed by atoms with Crippen molar-refractivity contribution in [3.63, 3.8) is 0 Å². The largest absolute Gasteiger partial charge is 0.337 e. The molecule has 1 aromatic heterocycles. The second kappa shape index (κ2) is 7.09. The number of amides is 2. The maximum Gasteiger partial charge on any atom is 0.315 e. The van der Waals surface area contributed by atoms with Crippen molar-refractivity contribution in [2.75, 3.05) is 23.8 Å². The number of urea groups is 1. The first-order valence-electron chi connectivity index (χ1n) is 6.37. The fourth-order valence-corrected chi connectivity index (χ4v) is 4.47. The van der Waals surface area contributed by atoms with Gasteiger partial charge in [0.2, 0.25) is 0 Å². The minimum absolute atomic E-state index is 0.0258. The predicted octanol–water partition coefficient (Wildman–Crippen LogP) is 1.63. The van der Waals surface area contributed by atoms with Crippen molar-refractivity contribution in [2.24, 2.45) is 7.05 Å². The summed E-state index contributed by atoms with van der Waals surface area (Å²) < 4.78 is 1.74. The lowest BCUT2D eigenvalue weighted by Gasteiger charge is -2.21. The van der Waals surface area contributed by atoms with Gasteiger partial charge in [-0.05, 0) is 6.92 Å². The Bertz CT molecular complexity index is 418. The van der Waals surface area contributed by atoms with Crippen LogP contribution in [0.25, 0.3) is 0 Å².